The third-order valence-corrected chi connectivity index (χ3v) is 3.59. The van der Waals surface area contributed by atoms with E-state index in [1.54, 1.807) is 11.4 Å². The Bertz CT molecular complexity index is 657. The number of aromatic nitrogens is 5. The SMILES string of the molecule is Cc1nc2nnc(C(=O)N3CCN(C)CC3)c(C)n2n1. The Morgan fingerprint density at radius 1 is 1.10 bits per heavy atom. The van der Waals surface area contributed by atoms with E-state index in [1.165, 1.54) is 0 Å². The lowest BCUT2D eigenvalue weighted by Gasteiger charge is -2.32. The lowest BCUT2D eigenvalue weighted by Crippen LogP contribution is -2.47. The zero-order valence-corrected chi connectivity index (χ0v) is 11.9. The van der Waals surface area contributed by atoms with Crippen LogP contribution in [0.1, 0.15) is 22.0 Å². The van der Waals surface area contributed by atoms with Gasteiger partial charge in [-0.15, -0.1) is 15.3 Å². The van der Waals surface area contributed by atoms with Crippen LogP contribution in [-0.2, 0) is 0 Å². The molecule has 0 unspecified atom stereocenters. The van der Waals surface area contributed by atoms with Crippen LogP contribution < -0.4 is 0 Å². The monoisotopic (exact) mass is 275 g/mol. The minimum atomic E-state index is -0.0850. The van der Waals surface area contributed by atoms with Crippen LogP contribution in [0.5, 0.6) is 0 Å². The molecule has 0 bridgehead atoms. The van der Waals surface area contributed by atoms with Gasteiger partial charge >= 0.3 is 0 Å². The molecule has 1 aliphatic heterocycles. The molecule has 3 heterocycles. The van der Waals surface area contributed by atoms with E-state index in [4.69, 9.17) is 0 Å². The van der Waals surface area contributed by atoms with Crippen molar-refractivity contribution >= 4 is 11.7 Å². The highest BCUT2D eigenvalue weighted by Gasteiger charge is 2.24. The second-order valence-corrected chi connectivity index (χ2v) is 5.10. The number of rotatable bonds is 1. The molecule has 20 heavy (non-hydrogen) atoms. The topological polar surface area (TPSA) is 79.5 Å². The van der Waals surface area contributed by atoms with Crippen LogP contribution in [0.15, 0.2) is 0 Å². The first-order chi connectivity index (χ1) is 9.56. The largest absolute Gasteiger partial charge is 0.335 e. The van der Waals surface area contributed by atoms with E-state index in [9.17, 15) is 4.79 Å². The summed E-state index contributed by atoms with van der Waals surface area (Å²) < 4.78 is 1.58. The summed E-state index contributed by atoms with van der Waals surface area (Å²) in [6, 6.07) is 0. The summed E-state index contributed by atoms with van der Waals surface area (Å²) in [5.74, 6) is 0.958. The zero-order chi connectivity index (χ0) is 14.3. The molecule has 8 heteroatoms. The minimum Gasteiger partial charge on any atom is -0.335 e. The number of aryl methyl sites for hydroxylation is 2. The van der Waals surface area contributed by atoms with Crippen molar-refractivity contribution < 1.29 is 4.79 Å². The summed E-state index contributed by atoms with van der Waals surface area (Å²) in [5.41, 5.74) is 1.03. The third-order valence-electron chi connectivity index (χ3n) is 3.59. The maximum atomic E-state index is 12.5. The van der Waals surface area contributed by atoms with Crippen LogP contribution in [0.4, 0.5) is 0 Å². The standard InChI is InChI=1S/C12H17N7O/c1-8-10(11(20)18-6-4-17(3)5-7-18)14-15-12-13-9(2)16-19(8)12/h4-7H2,1-3H3. The first-order valence-electron chi connectivity index (χ1n) is 6.61. The average Bonchev–Trinajstić information content (AvgIpc) is 2.81. The summed E-state index contributed by atoms with van der Waals surface area (Å²) in [7, 11) is 2.05. The number of nitrogens with zero attached hydrogens (tertiary/aromatic N) is 7. The van der Waals surface area contributed by atoms with Gasteiger partial charge < -0.3 is 9.80 Å². The molecule has 2 aromatic rings. The number of likely N-dealkylation sites (N-methyl/N-ethyl adjacent to an activating group) is 1. The van der Waals surface area contributed by atoms with Gasteiger partial charge in [0, 0.05) is 26.2 Å². The van der Waals surface area contributed by atoms with E-state index in [-0.39, 0.29) is 5.91 Å². The molecule has 0 N–H and O–H groups in total. The van der Waals surface area contributed by atoms with E-state index >= 15 is 0 Å². The Morgan fingerprint density at radius 2 is 1.80 bits per heavy atom. The Kier molecular flexibility index (Phi) is 3.09. The molecule has 0 atom stereocenters. The van der Waals surface area contributed by atoms with E-state index in [0.717, 1.165) is 13.1 Å². The first-order valence-corrected chi connectivity index (χ1v) is 6.61. The minimum absolute atomic E-state index is 0.0850. The van der Waals surface area contributed by atoms with Gasteiger partial charge in [-0.25, -0.2) is 0 Å². The predicted molar refractivity (Wildman–Crippen MR) is 71.5 cm³/mol. The summed E-state index contributed by atoms with van der Waals surface area (Å²) in [6.07, 6.45) is 0. The van der Waals surface area contributed by atoms with E-state index in [0.29, 0.717) is 36.1 Å². The van der Waals surface area contributed by atoms with E-state index in [1.807, 2.05) is 11.8 Å². The highest BCUT2D eigenvalue weighted by molar-refractivity contribution is 5.93. The highest BCUT2D eigenvalue weighted by atomic mass is 16.2. The molecule has 0 aromatic carbocycles. The molecule has 0 saturated carbocycles. The second-order valence-electron chi connectivity index (χ2n) is 5.10. The molecule has 0 aliphatic carbocycles. The molecular weight excluding hydrogens is 258 g/mol. The molecule has 1 fully saturated rings. The maximum Gasteiger partial charge on any atom is 0.276 e. The smallest absolute Gasteiger partial charge is 0.276 e. The molecule has 106 valence electrons. The van der Waals surface area contributed by atoms with E-state index in [2.05, 4.69) is 32.2 Å². The fourth-order valence-electron chi connectivity index (χ4n) is 2.32. The van der Waals surface area contributed by atoms with Crippen molar-refractivity contribution in [2.45, 2.75) is 13.8 Å². The van der Waals surface area contributed by atoms with Crippen LogP contribution >= 0.6 is 0 Å². The number of hydrogen-bond donors (Lipinski definition) is 0. The number of piperazine rings is 1. The molecule has 3 rings (SSSR count). The van der Waals surface area contributed by atoms with Crippen LogP contribution in [0.3, 0.4) is 0 Å². The Balaban J connectivity index is 1.93. The normalized spacial score (nSPS) is 16.9. The van der Waals surface area contributed by atoms with Crippen molar-refractivity contribution in [3.8, 4) is 0 Å². The lowest BCUT2D eigenvalue weighted by atomic mass is 10.2. The molecule has 0 spiro atoms. The number of carbonyl (C=O) groups excluding carboxylic acids is 1. The van der Waals surface area contributed by atoms with Gasteiger partial charge in [0.05, 0.1) is 5.69 Å². The molecule has 0 radical (unpaired) electrons. The molecule has 1 saturated heterocycles. The van der Waals surface area contributed by atoms with Crippen molar-refractivity contribution in [2.75, 3.05) is 33.2 Å². The van der Waals surface area contributed by atoms with Gasteiger partial charge in [0.15, 0.2) is 5.69 Å². The van der Waals surface area contributed by atoms with Crippen LogP contribution in [0, 0.1) is 13.8 Å². The highest BCUT2D eigenvalue weighted by Crippen LogP contribution is 2.10. The number of hydrogen-bond acceptors (Lipinski definition) is 6. The Hall–Kier alpha value is -2.09. The number of carbonyl (C=O) groups is 1. The van der Waals surface area contributed by atoms with Crippen LogP contribution in [0.2, 0.25) is 0 Å². The predicted octanol–water partition coefficient (Wildman–Crippen LogP) is -0.476. The van der Waals surface area contributed by atoms with Crippen LogP contribution in [-0.4, -0.2) is 73.7 Å². The maximum absolute atomic E-state index is 12.5. The van der Waals surface area contributed by atoms with E-state index < -0.39 is 0 Å². The molecule has 1 aliphatic rings. The van der Waals surface area contributed by atoms with Gasteiger partial charge in [-0.3, -0.25) is 4.79 Å². The fraction of sp³-hybridized carbons (Fsp3) is 0.583. The lowest BCUT2D eigenvalue weighted by molar-refractivity contribution is 0.0655. The van der Waals surface area contributed by atoms with Gasteiger partial charge in [0.1, 0.15) is 5.82 Å². The van der Waals surface area contributed by atoms with Gasteiger partial charge in [0.2, 0.25) is 0 Å². The number of amides is 1. The Morgan fingerprint density at radius 3 is 2.50 bits per heavy atom. The summed E-state index contributed by atoms with van der Waals surface area (Å²) in [5, 5.41) is 12.2. The summed E-state index contributed by atoms with van der Waals surface area (Å²) in [6.45, 7) is 6.79. The van der Waals surface area contributed by atoms with Gasteiger partial charge in [-0.1, -0.05) is 0 Å². The van der Waals surface area contributed by atoms with Gasteiger partial charge in [0.25, 0.3) is 11.7 Å². The van der Waals surface area contributed by atoms with Crippen molar-refractivity contribution in [1.82, 2.24) is 34.6 Å². The summed E-state index contributed by atoms with van der Waals surface area (Å²) in [4.78, 5) is 20.7. The first kappa shape index (κ1) is 12.9. The molecule has 8 nitrogen and oxygen atoms in total. The second kappa shape index (κ2) is 4.78. The van der Waals surface area contributed by atoms with Crippen molar-refractivity contribution in [3.05, 3.63) is 17.2 Å². The molecular formula is C12H17N7O. The fourth-order valence-corrected chi connectivity index (χ4v) is 2.32. The summed E-state index contributed by atoms with van der Waals surface area (Å²) >= 11 is 0. The van der Waals surface area contributed by atoms with Gasteiger partial charge in [-0.2, -0.15) is 9.50 Å². The number of fused-ring (bicyclic) bond motifs is 1. The van der Waals surface area contributed by atoms with Gasteiger partial charge in [-0.05, 0) is 20.9 Å². The molecule has 1 amide bonds. The quantitative estimate of drug-likeness (QED) is 0.699. The van der Waals surface area contributed by atoms with Crippen molar-refractivity contribution in [1.29, 1.82) is 0 Å². The van der Waals surface area contributed by atoms with Crippen molar-refractivity contribution in [2.24, 2.45) is 0 Å². The zero-order valence-electron chi connectivity index (χ0n) is 11.9. The average molecular weight is 275 g/mol. The van der Waals surface area contributed by atoms with Crippen molar-refractivity contribution in [3.63, 3.8) is 0 Å². The third kappa shape index (κ3) is 2.11. The molecule has 2 aromatic heterocycles. The Labute approximate surface area is 116 Å². The van der Waals surface area contributed by atoms with Crippen LogP contribution in [0.25, 0.3) is 5.78 Å².